The molecule has 1 amide bonds. The summed E-state index contributed by atoms with van der Waals surface area (Å²) in [6.45, 7) is 7.35. The van der Waals surface area contributed by atoms with E-state index < -0.39 is 0 Å². The maximum atomic E-state index is 12.3. The standard InChI is InChI=1S/C21H24N2O3/c1-4-5-6-7-21(24)23-11-10-17-8-9-19(12-18(17)13-23)25-14-20-15(2)26-16(3)22-20/h4-9,12H,10-11,13-14H2,1-3H3/b5-4+,7-6+. The minimum Gasteiger partial charge on any atom is -0.487 e. The van der Waals surface area contributed by atoms with Gasteiger partial charge >= 0.3 is 0 Å². The Balaban J connectivity index is 1.67. The first-order valence-corrected chi connectivity index (χ1v) is 8.82. The second kappa shape index (κ2) is 8.04. The number of ether oxygens (including phenoxy) is 1. The number of amides is 1. The molecule has 1 aliphatic heterocycles. The lowest BCUT2D eigenvalue weighted by atomic mass is 9.99. The van der Waals surface area contributed by atoms with Crippen LogP contribution < -0.4 is 4.74 Å². The summed E-state index contributed by atoms with van der Waals surface area (Å²) in [6.07, 6.45) is 8.01. The zero-order valence-electron chi connectivity index (χ0n) is 15.5. The fraction of sp³-hybridized carbons (Fsp3) is 0.333. The minimum absolute atomic E-state index is 0.0359. The van der Waals surface area contributed by atoms with Crippen molar-refractivity contribution < 1.29 is 13.9 Å². The van der Waals surface area contributed by atoms with Gasteiger partial charge in [-0.05, 0) is 43.5 Å². The highest BCUT2D eigenvalue weighted by molar-refractivity contribution is 5.88. The van der Waals surface area contributed by atoms with Crippen LogP contribution in [0.5, 0.6) is 5.75 Å². The number of allylic oxidation sites excluding steroid dienone is 3. The highest BCUT2D eigenvalue weighted by atomic mass is 16.5. The molecule has 0 aliphatic carbocycles. The molecule has 0 atom stereocenters. The number of carbonyl (C=O) groups is 1. The molecular formula is C21H24N2O3. The Morgan fingerprint density at radius 1 is 1.31 bits per heavy atom. The topological polar surface area (TPSA) is 55.6 Å². The van der Waals surface area contributed by atoms with Crippen molar-refractivity contribution in [3.05, 3.63) is 71.0 Å². The van der Waals surface area contributed by atoms with Crippen molar-refractivity contribution in [2.24, 2.45) is 0 Å². The molecule has 3 rings (SSSR count). The Bertz CT molecular complexity index is 849. The third-order valence-electron chi connectivity index (χ3n) is 4.42. The molecular weight excluding hydrogens is 328 g/mol. The van der Waals surface area contributed by atoms with E-state index in [9.17, 15) is 4.79 Å². The molecule has 2 heterocycles. The van der Waals surface area contributed by atoms with E-state index in [2.05, 4.69) is 11.1 Å². The predicted octanol–water partition coefficient (Wildman–Crippen LogP) is 3.89. The normalized spacial score (nSPS) is 14.2. The van der Waals surface area contributed by atoms with Crippen LogP contribution in [0.3, 0.4) is 0 Å². The summed E-state index contributed by atoms with van der Waals surface area (Å²) in [5.74, 6) is 2.24. The van der Waals surface area contributed by atoms with E-state index in [1.807, 2.05) is 50.0 Å². The number of fused-ring (bicyclic) bond motifs is 1. The summed E-state index contributed by atoms with van der Waals surface area (Å²) in [7, 11) is 0. The lowest BCUT2D eigenvalue weighted by Gasteiger charge is -2.28. The van der Waals surface area contributed by atoms with Gasteiger partial charge in [-0.25, -0.2) is 4.98 Å². The van der Waals surface area contributed by atoms with Crippen LogP contribution >= 0.6 is 0 Å². The largest absolute Gasteiger partial charge is 0.487 e. The molecule has 0 spiro atoms. The van der Waals surface area contributed by atoms with Crippen molar-refractivity contribution in [1.29, 1.82) is 0 Å². The third kappa shape index (κ3) is 4.23. The smallest absolute Gasteiger partial charge is 0.246 e. The number of hydrogen-bond acceptors (Lipinski definition) is 4. The zero-order valence-corrected chi connectivity index (χ0v) is 15.5. The molecule has 136 valence electrons. The summed E-state index contributed by atoms with van der Waals surface area (Å²) >= 11 is 0. The van der Waals surface area contributed by atoms with Gasteiger partial charge in [0.1, 0.15) is 23.8 Å². The molecule has 0 saturated heterocycles. The fourth-order valence-electron chi connectivity index (χ4n) is 3.02. The Labute approximate surface area is 154 Å². The maximum absolute atomic E-state index is 12.3. The highest BCUT2D eigenvalue weighted by Crippen LogP contribution is 2.25. The Kier molecular flexibility index (Phi) is 5.56. The van der Waals surface area contributed by atoms with Gasteiger partial charge in [-0.1, -0.05) is 24.3 Å². The van der Waals surface area contributed by atoms with E-state index in [1.165, 1.54) is 5.56 Å². The molecule has 0 bridgehead atoms. The zero-order chi connectivity index (χ0) is 18.5. The summed E-state index contributed by atoms with van der Waals surface area (Å²) in [5, 5.41) is 0. The highest BCUT2D eigenvalue weighted by Gasteiger charge is 2.19. The minimum atomic E-state index is 0.0359. The number of rotatable bonds is 5. The molecule has 26 heavy (non-hydrogen) atoms. The fourth-order valence-corrected chi connectivity index (χ4v) is 3.02. The van der Waals surface area contributed by atoms with E-state index in [-0.39, 0.29) is 5.91 Å². The first-order chi connectivity index (χ1) is 12.6. The number of nitrogens with zero attached hydrogens (tertiary/aromatic N) is 2. The molecule has 5 nitrogen and oxygen atoms in total. The predicted molar refractivity (Wildman–Crippen MR) is 99.8 cm³/mol. The average Bonchev–Trinajstić information content (AvgIpc) is 2.96. The van der Waals surface area contributed by atoms with E-state index in [0.29, 0.717) is 19.0 Å². The lowest BCUT2D eigenvalue weighted by molar-refractivity contribution is -0.126. The summed E-state index contributed by atoms with van der Waals surface area (Å²) in [5.41, 5.74) is 3.22. The van der Waals surface area contributed by atoms with Crippen LogP contribution in [0.4, 0.5) is 0 Å². The lowest BCUT2D eigenvalue weighted by Crippen LogP contribution is -2.34. The molecule has 2 aromatic rings. The second-order valence-electron chi connectivity index (χ2n) is 6.35. The number of aryl methyl sites for hydroxylation is 2. The van der Waals surface area contributed by atoms with E-state index in [1.54, 1.807) is 12.2 Å². The monoisotopic (exact) mass is 352 g/mol. The van der Waals surface area contributed by atoms with Crippen molar-refractivity contribution in [3.8, 4) is 5.75 Å². The van der Waals surface area contributed by atoms with Crippen LogP contribution in [0.25, 0.3) is 0 Å². The van der Waals surface area contributed by atoms with Gasteiger partial charge in [0.2, 0.25) is 5.91 Å². The molecule has 5 heteroatoms. The van der Waals surface area contributed by atoms with Gasteiger partial charge in [0.25, 0.3) is 0 Å². The molecule has 0 unspecified atom stereocenters. The third-order valence-corrected chi connectivity index (χ3v) is 4.42. The van der Waals surface area contributed by atoms with Crippen molar-refractivity contribution in [2.45, 2.75) is 40.3 Å². The average molecular weight is 352 g/mol. The molecule has 0 fully saturated rings. The number of aromatic nitrogens is 1. The quantitative estimate of drug-likeness (QED) is 0.605. The van der Waals surface area contributed by atoms with Crippen molar-refractivity contribution in [1.82, 2.24) is 9.88 Å². The van der Waals surface area contributed by atoms with Crippen molar-refractivity contribution in [2.75, 3.05) is 6.54 Å². The molecule has 1 aromatic carbocycles. The molecule has 0 N–H and O–H groups in total. The van der Waals surface area contributed by atoms with Gasteiger partial charge in [-0.3, -0.25) is 4.79 Å². The van der Waals surface area contributed by atoms with E-state index in [0.717, 1.165) is 35.7 Å². The number of benzene rings is 1. The number of carbonyl (C=O) groups excluding carboxylic acids is 1. The SMILES string of the molecule is C/C=C/C=C/C(=O)N1CCc2ccc(OCc3nc(C)oc3C)cc2C1. The van der Waals surface area contributed by atoms with E-state index in [4.69, 9.17) is 9.15 Å². The number of hydrogen-bond donors (Lipinski definition) is 0. The summed E-state index contributed by atoms with van der Waals surface area (Å²) in [4.78, 5) is 18.5. The van der Waals surface area contributed by atoms with Crippen LogP contribution in [0.1, 0.15) is 35.4 Å². The first-order valence-electron chi connectivity index (χ1n) is 8.82. The van der Waals surface area contributed by atoms with Gasteiger partial charge < -0.3 is 14.1 Å². The van der Waals surface area contributed by atoms with Gasteiger partial charge in [-0.15, -0.1) is 0 Å². The van der Waals surface area contributed by atoms with Crippen molar-refractivity contribution >= 4 is 5.91 Å². The van der Waals surface area contributed by atoms with Gasteiger partial charge in [0.05, 0.1) is 0 Å². The molecule has 0 radical (unpaired) electrons. The van der Waals surface area contributed by atoms with Crippen LogP contribution in [-0.2, 0) is 24.4 Å². The molecule has 0 saturated carbocycles. The first kappa shape index (κ1) is 18.0. The van der Waals surface area contributed by atoms with Gasteiger partial charge in [0, 0.05) is 26.1 Å². The molecule has 1 aliphatic rings. The summed E-state index contributed by atoms with van der Waals surface area (Å²) < 4.78 is 11.3. The Morgan fingerprint density at radius 2 is 2.15 bits per heavy atom. The second-order valence-corrected chi connectivity index (χ2v) is 6.35. The van der Waals surface area contributed by atoms with Crippen molar-refractivity contribution in [3.63, 3.8) is 0 Å². The van der Waals surface area contributed by atoms with E-state index >= 15 is 0 Å². The Morgan fingerprint density at radius 3 is 2.88 bits per heavy atom. The number of oxazole rings is 1. The van der Waals surface area contributed by atoms with Gasteiger partial charge in [-0.2, -0.15) is 0 Å². The molecule has 1 aromatic heterocycles. The van der Waals surface area contributed by atoms with Crippen LogP contribution in [0.15, 0.2) is 46.9 Å². The van der Waals surface area contributed by atoms with Crippen LogP contribution in [-0.4, -0.2) is 22.3 Å². The van der Waals surface area contributed by atoms with Crippen LogP contribution in [0.2, 0.25) is 0 Å². The Hall–Kier alpha value is -2.82. The van der Waals surface area contributed by atoms with Crippen LogP contribution in [0, 0.1) is 13.8 Å². The maximum Gasteiger partial charge on any atom is 0.246 e. The summed E-state index contributed by atoms with van der Waals surface area (Å²) in [6, 6.07) is 6.08. The van der Waals surface area contributed by atoms with Gasteiger partial charge in [0.15, 0.2) is 5.89 Å².